The van der Waals surface area contributed by atoms with E-state index in [2.05, 4.69) is 0 Å². The van der Waals surface area contributed by atoms with Crippen LogP contribution < -0.4 is 4.90 Å². The van der Waals surface area contributed by atoms with Crippen molar-refractivity contribution in [1.29, 1.82) is 0 Å². The van der Waals surface area contributed by atoms with E-state index in [9.17, 15) is 9.59 Å². The summed E-state index contributed by atoms with van der Waals surface area (Å²) >= 11 is 0. The third-order valence-corrected chi connectivity index (χ3v) is 3.28. The molecule has 0 bridgehead atoms. The number of hydrogen-bond acceptors (Lipinski definition) is 2. The zero-order valence-electron chi connectivity index (χ0n) is 10.6. The largest absolute Gasteiger partial charge is 0.481 e. The van der Waals surface area contributed by atoms with Crippen LogP contribution in [0, 0.1) is 19.8 Å². The minimum Gasteiger partial charge on any atom is -0.481 e. The molecule has 1 aromatic carbocycles. The number of aliphatic carboxylic acids is 1. The number of carboxylic acids is 1. The van der Waals surface area contributed by atoms with Crippen LogP contribution >= 0.6 is 0 Å². The summed E-state index contributed by atoms with van der Waals surface area (Å²) in [6.45, 7) is 4.22. The van der Waals surface area contributed by atoms with Gasteiger partial charge in [-0.3, -0.25) is 9.59 Å². The number of hydrogen-bond donors (Lipinski definition) is 1. The number of nitrogens with zero attached hydrogens (tertiary/aromatic N) is 1. The lowest BCUT2D eigenvalue weighted by Gasteiger charge is -2.31. The first-order valence-corrected chi connectivity index (χ1v) is 6.09. The van der Waals surface area contributed by atoms with Crippen LogP contribution in [-0.2, 0) is 9.59 Å². The first-order valence-electron chi connectivity index (χ1n) is 6.09. The maximum absolute atomic E-state index is 11.9. The molecule has 1 aromatic rings. The van der Waals surface area contributed by atoms with Crippen molar-refractivity contribution in [3.63, 3.8) is 0 Å². The van der Waals surface area contributed by atoms with Crippen molar-refractivity contribution >= 4 is 17.6 Å². The van der Waals surface area contributed by atoms with Crippen LogP contribution in [0.25, 0.3) is 0 Å². The fourth-order valence-electron chi connectivity index (χ4n) is 2.40. The minimum atomic E-state index is -0.822. The maximum Gasteiger partial charge on any atom is 0.308 e. The van der Waals surface area contributed by atoms with E-state index >= 15 is 0 Å². The van der Waals surface area contributed by atoms with E-state index in [1.165, 1.54) is 0 Å². The average Bonchev–Trinajstić information content (AvgIpc) is 2.27. The molecule has 0 radical (unpaired) electrons. The highest BCUT2D eigenvalue weighted by Crippen LogP contribution is 2.26. The van der Waals surface area contributed by atoms with E-state index in [-0.39, 0.29) is 12.5 Å². The molecule has 4 heteroatoms. The van der Waals surface area contributed by atoms with Crippen molar-refractivity contribution in [1.82, 2.24) is 0 Å². The predicted molar refractivity (Wildman–Crippen MR) is 68.6 cm³/mol. The van der Waals surface area contributed by atoms with Gasteiger partial charge < -0.3 is 10.0 Å². The fourth-order valence-corrected chi connectivity index (χ4v) is 2.40. The van der Waals surface area contributed by atoms with Crippen LogP contribution in [0.1, 0.15) is 24.0 Å². The molecule has 0 saturated carbocycles. The molecule has 1 atom stereocenters. The van der Waals surface area contributed by atoms with E-state index in [1.807, 2.05) is 32.0 Å². The highest BCUT2D eigenvalue weighted by Gasteiger charge is 2.30. The molecule has 0 aromatic heterocycles. The monoisotopic (exact) mass is 247 g/mol. The Morgan fingerprint density at radius 1 is 1.28 bits per heavy atom. The fraction of sp³-hybridized carbons (Fsp3) is 0.429. The Kier molecular flexibility index (Phi) is 3.36. The molecule has 4 nitrogen and oxygen atoms in total. The summed E-state index contributed by atoms with van der Waals surface area (Å²) in [5.41, 5.74) is 2.97. The molecule has 1 heterocycles. The zero-order chi connectivity index (χ0) is 13.3. The van der Waals surface area contributed by atoms with Gasteiger partial charge in [0.2, 0.25) is 5.91 Å². The minimum absolute atomic E-state index is 0.0116. The highest BCUT2D eigenvalue weighted by molar-refractivity contribution is 5.95. The van der Waals surface area contributed by atoms with E-state index in [0.29, 0.717) is 12.8 Å². The van der Waals surface area contributed by atoms with Crippen LogP contribution in [0.2, 0.25) is 0 Å². The third kappa shape index (κ3) is 2.53. The number of aryl methyl sites for hydroxylation is 2. The van der Waals surface area contributed by atoms with Crippen molar-refractivity contribution in [2.24, 2.45) is 5.92 Å². The van der Waals surface area contributed by atoms with Gasteiger partial charge in [-0.25, -0.2) is 0 Å². The molecule has 2 rings (SSSR count). The number of carboxylic acid groups (broad SMARTS) is 1. The van der Waals surface area contributed by atoms with Crippen molar-refractivity contribution in [3.05, 3.63) is 29.3 Å². The van der Waals surface area contributed by atoms with E-state index in [0.717, 1.165) is 16.8 Å². The summed E-state index contributed by atoms with van der Waals surface area (Å²) in [4.78, 5) is 24.6. The van der Waals surface area contributed by atoms with Crippen molar-refractivity contribution in [2.45, 2.75) is 26.7 Å². The second-order valence-corrected chi connectivity index (χ2v) is 4.92. The molecule has 96 valence electrons. The van der Waals surface area contributed by atoms with Gasteiger partial charge >= 0.3 is 5.97 Å². The number of carbonyl (C=O) groups is 2. The normalized spacial score (nSPS) is 20.0. The van der Waals surface area contributed by atoms with Gasteiger partial charge in [0.25, 0.3) is 0 Å². The number of rotatable bonds is 2. The maximum atomic E-state index is 11.9. The smallest absolute Gasteiger partial charge is 0.308 e. The van der Waals surface area contributed by atoms with Gasteiger partial charge in [0.05, 0.1) is 5.92 Å². The number of piperidine rings is 1. The Bertz CT molecular complexity index is 476. The van der Waals surface area contributed by atoms with Gasteiger partial charge in [-0.1, -0.05) is 6.07 Å². The van der Waals surface area contributed by atoms with Crippen LogP contribution in [0.5, 0.6) is 0 Å². The van der Waals surface area contributed by atoms with Gasteiger partial charge in [0.15, 0.2) is 0 Å². The average molecular weight is 247 g/mol. The molecule has 1 saturated heterocycles. The van der Waals surface area contributed by atoms with E-state index < -0.39 is 11.9 Å². The Hall–Kier alpha value is -1.84. The molecule has 1 amide bonds. The van der Waals surface area contributed by atoms with Gasteiger partial charge in [0, 0.05) is 18.7 Å². The number of benzene rings is 1. The summed E-state index contributed by atoms with van der Waals surface area (Å²) in [6, 6.07) is 5.89. The lowest BCUT2D eigenvalue weighted by molar-refractivity contribution is -0.142. The Morgan fingerprint density at radius 2 is 1.89 bits per heavy atom. The lowest BCUT2D eigenvalue weighted by Crippen LogP contribution is -2.42. The molecule has 1 aliphatic heterocycles. The van der Waals surface area contributed by atoms with Gasteiger partial charge in [0.1, 0.15) is 0 Å². The second kappa shape index (κ2) is 4.80. The first-order chi connectivity index (χ1) is 8.47. The molecule has 1 fully saturated rings. The SMILES string of the molecule is Cc1cc(C)cc(N2CC(C(=O)O)CCC2=O)c1. The summed E-state index contributed by atoms with van der Waals surface area (Å²) in [5.74, 6) is -1.27. The summed E-state index contributed by atoms with van der Waals surface area (Å²) in [6.07, 6.45) is 0.749. The number of amides is 1. The van der Waals surface area contributed by atoms with Crippen LogP contribution in [-0.4, -0.2) is 23.5 Å². The predicted octanol–water partition coefficient (Wildman–Crippen LogP) is 2.13. The third-order valence-electron chi connectivity index (χ3n) is 3.28. The van der Waals surface area contributed by atoms with Crippen molar-refractivity contribution in [3.8, 4) is 0 Å². The molecule has 18 heavy (non-hydrogen) atoms. The molecule has 1 unspecified atom stereocenters. The van der Waals surface area contributed by atoms with Crippen LogP contribution in [0.3, 0.4) is 0 Å². The van der Waals surface area contributed by atoms with E-state index in [1.54, 1.807) is 4.90 Å². The Labute approximate surface area is 106 Å². The topological polar surface area (TPSA) is 57.6 Å². The van der Waals surface area contributed by atoms with E-state index in [4.69, 9.17) is 5.11 Å². The highest BCUT2D eigenvalue weighted by atomic mass is 16.4. The second-order valence-electron chi connectivity index (χ2n) is 4.92. The zero-order valence-corrected chi connectivity index (χ0v) is 10.6. The molecule has 1 aliphatic rings. The summed E-state index contributed by atoms with van der Waals surface area (Å²) in [7, 11) is 0. The van der Waals surface area contributed by atoms with Crippen LogP contribution in [0.15, 0.2) is 18.2 Å². The quantitative estimate of drug-likeness (QED) is 0.871. The Morgan fingerprint density at radius 3 is 2.44 bits per heavy atom. The standard InChI is InChI=1S/C14H17NO3/c1-9-5-10(2)7-12(6-9)15-8-11(14(17)18)3-4-13(15)16/h5-7,11H,3-4,8H2,1-2H3,(H,17,18). The summed E-state index contributed by atoms with van der Waals surface area (Å²) < 4.78 is 0. The van der Waals surface area contributed by atoms with Crippen molar-refractivity contribution < 1.29 is 14.7 Å². The first kappa shape index (κ1) is 12.6. The number of anilines is 1. The molecular formula is C14H17NO3. The molecular weight excluding hydrogens is 230 g/mol. The van der Waals surface area contributed by atoms with Crippen LogP contribution in [0.4, 0.5) is 5.69 Å². The van der Waals surface area contributed by atoms with Gasteiger partial charge in [-0.2, -0.15) is 0 Å². The summed E-state index contributed by atoms with van der Waals surface area (Å²) in [5, 5.41) is 9.06. The molecule has 1 N–H and O–H groups in total. The Balaban J connectivity index is 2.29. The molecule has 0 aliphatic carbocycles. The van der Waals surface area contributed by atoms with Crippen molar-refractivity contribution in [2.75, 3.05) is 11.4 Å². The lowest BCUT2D eigenvalue weighted by atomic mass is 9.96. The number of carbonyl (C=O) groups excluding carboxylic acids is 1. The molecule has 0 spiro atoms. The van der Waals surface area contributed by atoms with Gasteiger partial charge in [-0.05, 0) is 43.5 Å². The van der Waals surface area contributed by atoms with Gasteiger partial charge in [-0.15, -0.1) is 0 Å².